The molecule has 2 unspecified atom stereocenters. The third kappa shape index (κ3) is 6.39. The zero-order valence-electron chi connectivity index (χ0n) is 10.6. The van der Waals surface area contributed by atoms with E-state index >= 15 is 0 Å². The summed E-state index contributed by atoms with van der Waals surface area (Å²) in [5.41, 5.74) is 0. The van der Waals surface area contributed by atoms with Crippen molar-refractivity contribution in [1.82, 2.24) is 10.2 Å². The van der Waals surface area contributed by atoms with Crippen LogP contribution in [0.25, 0.3) is 0 Å². The molecule has 2 nitrogen and oxygen atoms in total. The fraction of sp³-hybridized carbons (Fsp3) is 1.00. The molecular formula is C12H28N2. The summed E-state index contributed by atoms with van der Waals surface area (Å²) in [5.74, 6) is 0.819. The summed E-state index contributed by atoms with van der Waals surface area (Å²) in [6.07, 6.45) is 3.86. The molecule has 2 heteroatoms. The minimum absolute atomic E-state index is 0.684. The third-order valence-corrected chi connectivity index (χ3v) is 2.86. The van der Waals surface area contributed by atoms with Gasteiger partial charge in [0.05, 0.1) is 0 Å². The molecule has 0 spiro atoms. The molecule has 2 atom stereocenters. The Balaban J connectivity index is 3.50. The largest absolute Gasteiger partial charge is 0.315 e. The summed E-state index contributed by atoms with van der Waals surface area (Å²) in [5, 5.41) is 3.56. The second-order valence-corrected chi connectivity index (χ2v) is 4.58. The number of rotatable bonds is 8. The minimum Gasteiger partial charge on any atom is -0.315 e. The highest BCUT2D eigenvalue weighted by Gasteiger charge is 2.08. The monoisotopic (exact) mass is 200 g/mol. The maximum Gasteiger partial charge on any atom is 0.0211 e. The van der Waals surface area contributed by atoms with E-state index in [0.29, 0.717) is 6.04 Å². The number of nitrogens with one attached hydrogen (secondary N) is 1. The van der Waals surface area contributed by atoms with Crippen molar-refractivity contribution in [2.45, 2.75) is 46.1 Å². The summed E-state index contributed by atoms with van der Waals surface area (Å²) >= 11 is 0. The van der Waals surface area contributed by atoms with Crippen molar-refractivity contribution in [1.29, 1.82) is 0 Å². The van der Waals surface area contributed by atoms with Crippen molar-refractivity contribution < 1.29 is 0 Å². The van der Waals surface area contributed by atoms with Gasteiger partial charge in [-0.1, -0.05) is 27.2 Å². The molecule has 1 N–H and O–H groups in total. The van der Waals surface area contributed by atoms with Gasteiger partial charge in [0.15, 0.2) is 0 Å². The summed E-state index contributed by atoms with van der Waals surface area (Å²) in [6, 6.07) is 0.684. The number of hydrogen-bond acceptors (Lipinski definition) is 2. The predicted molar refractivity (Wildman–Crippen MR) is 64.7 cm³/mol. The second kappa shape index (κ2) is 8.25. The van der Waals surface area contributed by atoms with Gasteiger partial charge >= 0.3 is 0 Å². The first-order valence-electron chi connectivity index (χ1n) is 5.98. The smallest absolute Gasteiger partial charge is 0.0211 e. The van der Waals surface area contributed by atoms with Crippen molar-refractivity contribution in [2.24, 2.45) is 5.92 Å². The fourth-order valence-electron chi connectivity index (χ4n) is 1.78. The van der Waals surface area contributed by atoms with E-state index in [1.54, 1.807) is 0 Å². The molecule has 0 aliphatic rings. The quantitative estimate of drug-likeness (QED) is 0.647. The summed E-state index contributed by atoms with van der Waals surface area (Å²) in [4.78, 5) is 2.30. The van der Waals surface area contributed by atoms with Gasteiger partial charge < -0.3 is 10.2 Å². The van der Waals surface area contributed by atoms with Crippen LogP contribution >= 0.6 is 0 Å². The van der Waals surface area contributed by atoms with Crippen LogP contribution in [-0.2, 0) is 0 Å². The molecule has 0 amide bonds. The van der Waals surface area contributed by atoms with Crippen LogP contribution in [0.5, 0.6) is 0 Å². The molecule has 0 saturated carbocycles. The zero-order chi connectivity index (χ0) is 11.0. The van der Waals surface area contributed by atoms with E-state index in [0.717, 1.165) is 19.0 Å². The van der Waals surface area contributed by atoms with E-state index in [1.807, 2.05) is 0 Å². The Morgan fingerprint density at radius 1 is 1.14 bits per heavy atom. The first-order valence-corrected chi connectivity index (χ1v) is 5.98. The van der Waals surface area contributed by atoms with Crippen molar-refractivity contribution in [2.75, 3.05) is 27.2 Å². The van der Waals surface area contributed by atoms with E-state index in [-0.39, 0.29) is 0 Å². The van der Waals surface area contributed by atoms with Crippen LogP contribution in [0.3, 0.4) is 0 Å². The lowest BCUT2D eigenvalue weighted by Gasteiger charge is -2.24. The van der Waals surface area contributed by atoms with Crippen LogP contribution in [0.15, 0.2) is 0 Å². The third-order valence-electron chi connectivity index (χ3n) is 2.86. The lowest BCUT2D eigenvalue weighted by molar-refractivity contribution is 0.272. The van der Waals surface area contributed by atoms with E-state index in [9.17, 15) is 0 Å². The highest BCUT2D eigenvalue weighted by molar-refractivity contribution is 4.68. The molecule has 86 valence electrons. The topological polar surface area (TPSA) is 15.3 Å². The van der Waals surface area contributed by atoms with Crippen LogP contribution in [0.2, 0.25) is 0 Å². The molecule has 0 aromatic carbocycles. The molecule has 0 rings (SSSR count). The molecule has 0 fully saturated rings. The lowest BCUT2D eigenvalue weighted by atomic mass is 10.1. The highest BCUT2D eigenvalue weighted by atomic mass is 15.1. The van der Waals surface area contributed by atoms with Crippen LogP contribution in [0.4, 0.5) is 0 Å². The Morgan fingerprint density at radius 3 is 2.21 bits per heavy atom. The van der Waals surface area contributed by atoms with Gasteiger partial charge in [0, 0.05) is 12.6 Å². The van der Waals surface area contributed by atoms with E-state index < -0.39 is 0 Å². The van der Waals surface area contributed by atoms with Crippen LogP contribution < -0.4 is 5.32 Å². The molecule has 0 heterocycles. The van der Waals surface area contributed by atoms with Gasteiger partial charge in [0.1, 0.15) is 0 Å². The van der Waals surface area contributed by atoms with Gasteiger partial charge in [-0.25, -0.2) is 0 Å². The van der Waals surface area contributed by atoms with E-state index in [1.165, 1.54) is 19.3 Å². The Kier molecular flexibility index (Phi) is 8.20. The standard InChI is InChI=1S/C12H28N2/c1-6-8-11(3)9-13-10-12(7-2)14(4)5/h11-13H,6-10H2,1-5H3. The van der Waals surface area contributed by atoms with Gasteiger partial charge in [-0.15, -0.1) is 0 Å². The maximum atomic E-state index is 3.56. The van der Waals surface area contributed by atoms with Crippen LogP contribution in [0, 0.1) is 5.92 Å². The Bertz CT molecular complexity index is 123. The Labute approximate surface area is 90.1 Å². The van der Waals surface area contributed by atoms with Gasteiger partial charge in [0.25, 0.3) is 0 Å². The molecule has 0 aromatic heterocycles. The normalized spacial score (nSPS) is 15.9. The van der Waals surface area contributed by atoms with E-state index in [2.05, 4.69) is 45.1 Å². The van der Waals surface area contributed by atoms with Gasteiger partial charge in [-0.05, 0) is 39.4 Å². The summed E-state index contributed by atoms with van der Waals surface area (Å²) in [6.45, 7) is 9.12. The number of likely N-dealkylation sites (N-methyl/N-ethyl adjacent to an activating group) is 1. The fourth-order valence-corrected chi connectivity index (χ4v) is 1.78. The molecule has 0 saturated heterocycles. The van der Waals surface area contributed by atoms with Crippen molar-refractivity contribution >= 4 is 0 Å². The molecule has 0 bridgehead atoms. The Morgan fingerprint density at radius 2 is 1.79 bits per heavy atom. The maximum absolute atomic E-state index is 3.56. The molecule has 0 aromatic rings. The van der Waals surface area contributed by atoms with E-state index in [4.69, 9.17) is 0 Å². The van der Waals surface area contributed by atoms with Crippen molar-refractivity contribution in [3.63, 3.8) is 0 Å². The second-order valence-electron chi connectivity index (χ2n) is 4.58. The Hall–Kier alpha value is -0.0800. The van der Waals surface area contributed by atoms with Gasteiger partial charge in [-0.3, -0.25) is 0 Å². The van der Waals surface area contributed by atoms with Gasteiger partial charge in [-0.2, -0.15) is 0 Å². The number of hydrogen-bond donors (Lipinski definition) is 1. The van der Waals surface area contributed by atoms with Crippen LogP contribution in [0.1, 0.15) is 40.0 Å². The van der Waals surface area contributed by atoms with Crippen molar-refractivity contribution in [3.8, 4) is 0 Å². The average molecular weight is 200 g/mol. The SMILES string of the molecule is CCCC(C)CNCC(CC)N(C)C. The van der Waals surface area contributed by atoms with Gasteiger partial charge in [0.2, 0.25) is 0 Å². The summed E-state index contributed by atoms with van der Waals surface area (Å²) in [7, 11) is 4.32. The van der Waals surface area contributed by atoms with Crippen LogP contribution in [-0.4, -0.2) is 38.1 Å². The first-order chi connectivity index (χ1) is 6.61. The summed E-state index contributed by atoms with van der Waals surface area (Å²) < 4.78 is 0. The molecule has 14 heavy (non-hydrogen) atoms. The highest BCUT2D eigenvalue weighted by Crippen LogP contribution is 2.03. The molecule has 0 radical (unpaired) electrons. The van der Waals surface area contributed by atoms with Crippen molar-refractivity contribution in [3.05, 3.63) is 0 Å². The first kappa shape index (κ1) is 13.9. The minimum atomic E-state index is 0.684. The molecule has 0 aliphatic carbocycles. The average Bonchev–Trinajstić information content (AvgIpc) is 2.12. The number of nitrogens with zero attached hydrogens (tertiary/aromatic N) is 1. The molecule has 0 aliphatic heterocycles. The lowest BCUT2D eigenvalue weighted by Crippen LogP contribution is -2.38. The molecular weight excluding hydrogens is 172 g/mol. The zero-order valence-corrected chi connectivity index (χ0v) is 10.6. The predicted octanol–water partition coefficient (Wildman–Crippen LogP) is 2.35.